The van der Waals surface area contributed by atoms with Crippen LogP contribution >= 0.6 is 46.4 Å². The Morgan fingerprint density at radius 3 is 1.54 bits per heavy atom. The van der Waals surface area contributed by atoms with E-state index in [1.165, 1.54) is 0 Å². The summed E-state index contributed by atoms with van der Waals surface area (Å²) in [5, 5.41) is 0.642. The van der Waals surface area contributed by atoms with E-state index >= 15 is 0 Å². The highest BCUT2D eigenvalue weighted by atomic mass is 35.5. The molecule has 4 rings (SSSR count). The highest BCUT2D eigenvalue weighted by Crippen LogP contribution is 2.22. The summed E-state index contributed by atoms with van der Waals surface area (Å²) in [6, 6.07) is 0. The number of allylic oxidation sites excluding steroid dienone is 2. The predicted molar refractivity (Wildman–Crippen MR) is 99.8 cm³/mol. The Morgan fingerprint density at radius 2 is 1.12 bits per heavy atom. The molecule has 0 spiro atoms. The molecule has 12 heteroatoms. The van der Waals surface area contributed by atoms with Gasteiger partial charge >= 0.3 is 0 Å². The van der Waals surface area contributed by atoms with Gasteiger partial charge in [-0.3, -0.25) is 0 Å². The quantitative estimate of drug-likeness (QED) is 0.278. The van der Waals surface area contributed by atoms with Gasteiger partial charge < -0.3 is 9.13 Å². The normalized spacial score (nSPS) is 12.0. The number of aromatic nitrogens is 8. The first kappa shape index (κ1) is 17.4. The first-order valence-electron chi connectivity index (χ1n) is 7.25. The fraction of sp³-hybridized carbons (Fsp3) is 0.143. The molecule has 4 aromatic heterocycles. The number of halogens is 4. The molecular weight excluding hydrogens is 422 g/mol. The maximum absolute atomic E-state index is 6.13. The van der Waals surface area contributed by atoms with Crippen LogP contribution in [0.2, 0.25) is 20.9 Å². The number of rotatable bonds is 4. The van der Waals surface area contributed by atoms with Crippen molar-refractivity contribution in [3.8, 4) is 0 Å². The van der Waals surface area contributed by atoms with Crippen LogP contribution in [0.3, 0.4) is 0 Å². The van der Waals surface area contributed by atoms with Gasteiger partial charge in [0.2, 0.25) is 10.6 Å². The van der Waals surface area contributed by atoms with Crippen molar-refractivity contribution in [2.45, 2.75) is 13.1 Å². The molecule has 0 aromatic carbocycles. The van der Waals surface area contributed by atoms with Crippen LogP contribution in [0.5, 0.6) is 0 Å². The van der Waals surface area contributed by atoms with Crippen molar-refractivity contribution in [2.75, 3.05) is 0 Å². The van der Waals surface area contributed by atoms with Gasteiger partial charge in [0, 0.05) is 13.1 Å². The van der Waals surface area contributed by atoms with Gasteiger partial charge in [0.05, 0.1) is 12.7 Å². The van der Waals surface area contributed by atoms with E-state index < -0.39 is 0 Å². The Hall–Kier alpha value is -2.00. The van der Waals surface area contributed by atoms with E-state index in [0.29, 0.717) is 35.4 Å². The Morgan fingerprint density at radius 1 is 0.692 bits per heavy atom. The van der Waals surface area contributed by atoms with E-state index in [4.69, 9.17) is 46.4 Å². The van der Waals surface area contributed by atoms with Gasteiger partial charge in [0.25, 0.3) is 0 Å². The van der Waals surface area contributed by atoms with Crippen molar-refractivity contribution in [2.24, 2.45) is 0 Å². The molecular formula is C14H8Cl4N8. The second kappa shape index (κ2) is 6.96. The van der Waals surface area contributed by atoms with Crippen molar-refractivity contribution in [3.63, 3.8) is 0 Å². The molecule has 0 radical (unpaired) electrons. The average molecular weight is 430 g/mol. The van der Waals surface area contributed by atoms with Gasteiger partial charge in [-0.25, -0.2) is 19.9 Å². The highest BCUT2D eigenvalue weighted by molar-refractivity contribution is 6.35. The Labute approximate surface area is 166 Å². The van der Waals surface area contributed by atoms with E-state index in [1.54, 1.807) is 12.7 Å². The molecule has 0 unspecified atom stereocenters. The number of hydrogen-bond donors (Lipinski definition) is 0. The number of fused-ring (bicyclic) bond motifs is 2. The standard InChI is InChI=1S/C14H8Cl4N8/c15-9-7-11(23-13(17)21-9)19-5-25(7)3-1-2-4-26-6-20-12-8(26)10(16)22-14(18)24-12/h1-2,5-6H,3-4H2/b2-1+. The Kier molecular flexibility index (Phi) is 4.66. The minimum absolute atomic E-state index is 0.0643. The van der Waals surface area contributed by atoms with E-state index in [0.717, 1.165) is 0 Å². The first-order valence-corrected chi connectivity index (χ1v) is 8.77. The fourth-order valence-corrected chi connectivity index (χ4v) is 3.44. The highest BCUT2D eigenvalue weighted by Gasteiger charge is 2.11. The van der Waals surface area contributed by atoms with Crippen LogP contribution in [0, 0.1) is 0 Å². The zero-order valence-electron chi connectivity index (χ0n) is 12.8. The second-order valence-electron chi connectivity index (χ2n) is 5.18. The van der Waals surface area contributed by atoms with Crippen LogP contribution in [0.25, 0.3) is 22.3 Å². The molecule has 0 amide bonds. The molecule has 0 saturated carbocycles. The summed E-state index contributed by atoms with van der Waals surface area (Å²) >= 11 is 23.8. The fourth-order valence-electron chi connectivity index (χ4n) is 2.47. The lowest BCUT2D eigenvalue weighted by Crippen LogP contribution is -1.98. The van der Waals surface area contributed by atoms with Crippen LogP contribution in [0.1, 0.15) is 0 Å². The Bertz CT molecular complexity index is 1060. The molecule has 0 saturated heterocycles. The molecule has 0 aliphatic heterocycles. The summed E-state index contributed by atoms with van der Waals surface area (Å²) < 4.78 is 3.65. The van der Waals surface area contributed by atoms with Gasteiger partial charge in [-0.05, 0) is 23.2 Å². The van der Waals surface area contributed by atoms with Crippen LogP contribution in [0.15, 0.2) is 24.8 Å². The smallest absolute Gasteiger partial charge is 0.225 e. The Balaban J connectivity index is 1.54. The SMILES string of the molecule is Clc1nc(Cl)c2c(ncn2C/C=C/Cn2cnc3nc(Cl)nc(Cl)c32)n1. The van der Waals surface area contributed by atoms with E-state index in [-0.39, 0.29) is 20.9 Å². The lowest BCUT2D eigenvalue weighted by molar-refractivity contribution is 0.815. The van der Waals surface area contributed by atoms with E-state index in [1.807, 2.05) is 21.3 Å². The monoisotopic (exact) mass is 428 g/mol. The van der Waals surface area contributed by atoms with Gasteiger partial charge in [-0.2, -0.15) is 9.97 Å². The van der Waals surface area contributed by atoms with E-state index in [9.17, 15) is 0 Å². The molecule has 0 aliphatic carbocycles. The third-order valence-corrected chi connectivity index (χ3v) is 4.44. The van der Waals surface area contributed by atoms with Gasteiger partial charge in [-0.1, -0.05) is 35.4 Å². The van der Waals surface area contributed by atoms with E-state index in [2.05, 4.69) is 29.9 Å². The van der Waals surface area contributed by atoms with Crippen LogP contribution in [0.4, 0.5) is 0 Å². The number of hydrogen-bond acceptors (Lipinski definition) is 6. The summed E-state index contributed by atoms with van der Waals surface area (Å²) in [4.78, 5) is 24.3. The molecule has 8 nitrogen and oxygen atoms in total. The second-order valence-corrected chi connectivity index (χ2v) is 6.57. The average Bonchev–Trinajstić information content (AvgIpc) is 3.15. The van der Waals surface area contributed by atoms with Gasteiger partial charge in [0.1, 0.15) is 11.0 Å². The molecule has 0 N–H and O–H groups in total. The summed E-state index contributed by atoms with van der Waals surface area (Å²) in [7, 11) is 0. The number of imidazole rings is 2. The third-order valence-electron chi connectivity index (χ3n) is 3.58. The van der Waals surface area contributed by atoms with Gasteiger partial charge in [-0.15, -0.1) is 0 Å². The molecule has 0 aliphatic rings. The van der Waals surface area contributed by atoms with Crippen molar-refractivity contribution in [1.29, 1.82) is 0 Å². The minimum Gasteiger partial charge on any atom is -0.323 e. The summed E-state index contributed by atoms with van der Waals surface area (Å²) in [5.41, 5.74) is 2.15. The molecule has 132 valence electrons. The maximum atomic E-state index is 6.13. The van der Waals surface area contributed by atoms with Crippen LogP contribution < -0.4 is 0 Å². The molecule has 0 atom stereocenters. The van der Waals surface area contributed by atoms with Crippen molar-refractivity contribution >= 4 is 68.7 Å². The minimum atomic E-state index is 0.0643. The van der Waals surface area contributed by atoms with Crippen molar-refractivity contribution in [1.82, 2.24) is 39.0 Å². The van der Waals surface area contributed by atoms with Crippen LogP contribution in [-0.2, 0) is 13.1 Å². The number of nitrogens with zero attached hydrogens (tertiary/aromatic N) is 8. The molecule has 0 bridgehead atoms. The van der Waals surface area contributed by atoms with Crippen molar-refractivity contribution in [3.05, 3.63) is 45.7 Å². The molecule has 0 fully saturated rings. The first-order chi connectivity index (χ1) is 12.5. The maximum Gasteiger partial charge on any atom is 0.225 e. The predicted octanol–water partition coefficient (Wildman–Crippen LogP) is 3.84. The van der Waals surface area contributed by atoms with Gasteiger partial charge in [0.15, 0.2) is 21.6 Å². The van der Waals surface area contributed by atoms with Crippen LogP contribution in [-0.4, -0.2) is 39.0 Å². The topological polar surface area (TPSA) is 87.2 Å². The summed E-state index contributed by atoms with van der Waals surface area (Å²) in [5.74, 6) is 0. The summed E-state index contributed by atoms with van der Waals surface area (Å²) in [6.45, 7) is 1.06. The largest absolute Gasteiger partial charge is 0.323 e. The zero-order chi connectivity index (χ0) is 18.3. The summed E-state index contributed by atoms with van der Waals surface area (Å²) in [6.07, 6.45) is 7.15. The molecule has 4 heterocycles. The lowest BCUT2D eigenvalue weighted by atomic mass is 10.4. The lowest BCUT2D eigenvalue weighted by Gasteiger charge is -2.03. The third kappa shape index (κ3) is 3.21. The molecule has 4 aromatic rings. The van der Waals surface area contributed by atoms with Crippen molar-refractivity contribution < 1.29 is 0 Å². The zero-order valence-corrected chi connectivity index (χ0v) is 15.8. The molecule has 26 heavy (non-hydrogen) atoms.